The molecule has 1 saturated carbocycles. The van der Waals surface area contributed by atoms with Gasteiger partial charge in [0.2, 0.25) is 0 Å². The van der Waals surface area contributed by atoms with Crippen molar-refractivity contribution in [3.63, 3.8) is 0 Å². The largest absolute Gasteiger partial charge is 0.465 e. The van der Waals surface area contributed by atoms with E-state index < -0.39 is 0 Å². The normalized spacial score (nSPS) is 20.2. The number of benzene rings is 2. The molecular weight excluding hydrogens is 380 g/mol. The van der Waals surface area contributed by atoms with Crippen molar-refractivity contribution in [2.24, 2.45) is 5.73 Å². The highest BCUT2D eigenvalue weighted by molar-refractivity contribution is 5.83. The minimum atomic E-state index is -0.355. The van der Waals surface area contributed by atoms with Crippen LogP contribution in [0.5, 0.6) is 0 Å². The summed E-state index contributed by atoms with van der Waals surface area (Å²) in [6.45, 7) is 2.09. The van der Waals surface area contributed by atoms with Crippen LogP contribution in [-0.4, -0.2) is 44.9 Å². The first kappa shape index (κ1) is 20.4. The zero-order valence-electron chi connectivity index (χ0n) is 17.2. The number of rotatable bonds is 7. The van der Waals surface area contributed by atoms with Crippen LogP contribution in [0.2, 0.25) is 0 Å². The lowest BCUT2D eigenvalue weighted by atomic mass is 9.90. The molecule has 1 fully saturated rings. The molecule has 0 radical (unpaired) electrons. The molecular formula is C22H28N6O2. The molecule has 2 aromatic carbocycles. The fourth-order valence-corrected chi connectivity index (χ4v) is 4.09. The molecule has 0 aliphatic heterocycles. The molecule has 1 heterocycles. The Labute approximate surface area is 175 Å². The van der Waals surface area contributed by atoms with Crippen LogP contribution >= 0.6 is 0 Å². The summed E-state index contributed by atoms with van der Waals surface area (Å²) in [5, 5.41) is 18.2. The average molecular weight is 409 g/mol. The first-order valence-corrected chi connectivity index (χ1v) is 10.6. The molecule has 3 aromatic rings. The molecule has 8 heteroatoms. The van der Waals surface area contributed by atoms with Crippen LogP contribution in [0, 0.1) is 0 Å². The van der Waals surface area contributed by atoms with Gasteiger partial charge >= 0.3 is 5.97 Å². The van der Waals surface area contributed by atoms with Crippen LogP contribution in [0.25, 0.3) is 10.8 Å². The van der Waals surface area contributed by atoms with Crippen LogP contribution < -0.4 is 11.1 Å². The van der Waals surface area contributed by atoms with Gasteiger partial charge in [-0.25, -0.2) is 4.68 Å². The fourth-order valence-electron chi connectivity index (χ4n) is 4.09. The van der Waals surface area contributed by atoms with E-state index in [9.17, 15) is 4.79 Å². The Morgan fingerprint density at radius 2 is 1.97 bits per heavy atom. The van der Waals surface area contributed by atoms with Crippen LogP contribution in [-0.2, 0) is 16.1 Å². The van der Waals surface area contributed by atoms with Gasteiger partial charge in [0, 0.05) is 12.1 Å². The van der Waals surface area contributed by atoms with Gasteiger partial charge in [0.1, 0.15) is 6.54 Å². The Hall–Kier alpha value is -2.84. The summed E-state index contributed by atoms with van der Waals surface area (Å²) in [5.41, 5.74) is 7.15. The number of tetrazole rings is 1. The molecule has 1 aliphatic carbocycles. The number of hydrogen-bond donors (Lipinski definition) is 2. The maximum absolute atomic E-state index is 12.0. The highest BCUT2D eigenvalue weighted by Gasteiger charge is 2.27. The number of esters is 1. The van der Waals surface area contributed by atoms with E-state index in [2.05, 4.69) is 51.2 Å². The molecule has 30 heavy (non-hydrogen) atoms. The van der Waals surface area contributed by atoms with E-state index in [1.807, 2.05) is 12.1 Å². The van der Waals surface area contributed by atoms with Crippen molar-refractivity contribution in [1.82, 2.24) is 25.5 Å². The number of nitrogens with two attached hydrogens (primary N) is 1. The second-order valence-electron chi connectivity index (χ2n) is 7.82. The molecule has 1 atom stereocenters. The number of carbonyl (C=O) groups excluding carboxylic acids is 1. The Morgan fingerprint density at radius 3 is 2.73 bits per heavy atom. The maximum Gasteiger partial charge on any atom is 0.327 e. The number of nitrogens with one attached hydrogen (secondary N) is 1. The fraction of sp³-hybridized carbons (Fsp3) is 0.455. The molecule has 0 bridgehead atoms. The zero-order chi connectivity index (χ0) is 20.9. The Bertz CT molecular complexity index is 996. The summed E-state index contributed by atoms with van der Waals surface area (Å²) in [4.78, 5) is 12.0. The van der Waals surface area contributed by atoms with Gasteiger partial charge in [0.05, 0.1) is 12.6 Å². The van der Waals surface area contributed by atoms with Crippen LogP contribution in [0.4, 0.5) is 0 Å². The van der Waals surface area contributed by atoms with E-state index in [1.54, 1.807) is 6.92 Å². The molecule has 0 spiro atoms. The van der Waals surface area contributed by atoms with Gasteiger partial charge in [-0.15, -0.1) is 5.10 Å². The third kappa shape index (κ3) is 4.66. The molecule has 1 unspecified atom stereocenters. The Balaban J connectivity index is 1.67. The average Bonchev–Trinajstić information content (AvgIpc) is 3.21. The van der Waals surface area contributed by atoms with Crippen molar-refractivity contribution >= 4 is 16.7 Å². The lowest BCUT2D eigenvalue weighted by Crippen LogP contribution is -2.40. The van der Waals surface area contributed by atoms with Gasteiger partial charge in [-0.05, 0) is 65.4 Å². The van der Waals surface area contributed by atoms with Gasteiger partial charge in [0.15, 0.2) is 5.82 Å². The van der Waals surface area contributed by atoms with Gasteiger partial charge in [-0.3, -0.25) is 4.79 Å². The van der Waals surface area contributed by atoms with Crippen molar-refractivity contribution in [3.05, 3.63) is 53.9 Å². The molecule has 1 aliphatic rings. The predicted octanol–water partition coefficient (Wildman–Crippen LogP) is 2.34. The third-order valence-corrected chi connectivity index (χ3v) is 5.68. The molecule has 0 amide bonds. The molecule has 4 rings (SSSR count). The quantitative estimate of drug-likeness (QED) is 0.578. The summed E-state index contributed by atoms with van der Waals surface area (Å²) in [5.74, 6) is 0.250. The van der Waals surface area contributed by atoms with Crippen molar-refractivity contribution < 1.29 is 9.53 Å². The summed E-state index contributed by atoms with van der Waals surface area (Å²) in [7, 11) is 0. The number of aromatic nitrogens is 4. The molecule has 8 nitrogen and oxygen atoms in total. The smallest absolute Gasteiger partial charge is 0.327 e. The summed E-state index contributed by atoms with van der Waals surface area (Å²) in [6.07, 6.45) is 4.00. The van der Waals surface area contributed by atoms with E-state index in [0.29, 0.717) is 18.5 Å². The second-order valence-corrected chi connectivity index (χ2v) is 7.82. The van der Waals surface area contributed by atoms with E-state index in [1.165, 1.54) is 10.1 Å². The summed E-state index contributed by atoms with van der Waals surface area (Å²) >= 11 is 0. The van der Waals surface area contributed by atoms with Crippen LogP contribution in [0.3, 0.4) is 0 Å². The summed E-state index contributed by atoms with van der Waals surface area (Å²) in [6, 6.07) is 15.0. The van der Waals surface area contributed by atoms with Crippen LogP contribution in [0.15, 0.2) is 42.5 Å². The lowest BCUT2D eigenvalue weighted by Gasteiger charge is -2.30. The van der Waals surface area contributed by atoms with Crippen molar-refractivity contribution in [3.8, 4) is 0 Å². The number of carbonyl (C=O) groups is 1. The Morgan fingerprint density at radius 1 is 1.20 bits per heavy atom. The van der Waals surface area contributed by atoms with Crippen molar-refractivity contribution in [2.45, 2.75) is 57.3 Å². The van der Waals surface area contributed by atoms with Gasteiger partial charge in [-0.2, -0.15) is 0 Å². The van der Waals surface area contributed by atoms with E-state index >= 15 is 0 Å². The first-order chi connectivity index (χ1) is 14.6. The molecule has 158 valence electrons. The first-order valence-electron chi connectivity index (χ1n) is 10.6. The lowest BCUT2D eigenvalue weighted by molar-refractivity contribution is -0.144. The minimum absolute atomic E-state index is 0.0164. The molecule has 1 aromatic heterocycles. The zero-order valence-corrected chi connectivity index (χ0v) is 17.2. The SMILES string of the molecule is CCOC(=O)Cn1nnnc1C(NC1CCC(N)CC1)c1ccc2ccccc2c1. The van der Waals surface area contributed by atoms with Gasteiger partial charge in [-0.1, -0.05) is 36.4 Å². The summed E-state index contributed by atoms with van der Waals surface area (Å²) < 4.78 is 6.61. The molecule has 0 saturated heterocycles. The number of hydrogen-bond acceptors (Lipinski definition) is 7. The van der Waals surface area contributed by atoms with Crippen molar-refractivity contribution in [1.29, 1.82) is 0 Å². The minimum Gasteiger partial charge on any atom is -0.465 e. The van der Waals surface area contributed by atoms with E-state index in [-0.39, 0.29) is 24.6 Å². The predicted molar refractivity (Wildman–Crippen MR) is 114 cm³/mol. The number of fused-ring (bicyclic) bond motifs is 1. The third-order valence-electron chi connectivity index (χ3n) is 5.68. The van der Waals surface area contributed by atoms with Crippen LogP contribution in [0.1, 0.15) is 50.0 Å². The van der Waals surface area contributed by atoms with E-state index in [0.717, 1.165) is 36.6 Å². The monoisotopic (exact) mass is 408 g/mol. The van der Waals surface area contributed by atoms with E-state index in [4.69, 9.17) is 10.5 Å². The maximum atomic E-state index is 12.0. The highest BCUT2D eigenvalue weighted by atomic mass is 16.5. The number of ether oxygens (including phenoxy) is 1. The van der Waals surface area contributed by atoms with Gasteiger partial charge in [0.25, 0.3) is 0 Å². The standard InChI is InChI=1S/C22H28N6O2/c1-2-30-20(29)14-28-22(25-26-27-28)21(24-19-11-9-18(23)10-12-19)17-8-7-15-5-3-4-6-16(15)13-17/h3-8,13,18-19,21,24H,2,9-12,14,23H2,1H3. The molecule has 3 N–H and O–H groups in total. The topological polar surface area (TPSA) is 108 Å². The van der Waals surface area contributed by atoms with Crippen molar-refractivity contribution in [2.75, 3.05) is 6.61 Å². The second kappa shape index (κ2) is 9.32. The Kier molecular flexibility index (Phi) is 6.35. The number of nitrogens with zero attached hydrogens (tertiary/aromatic N) is 4. The highest BCUT2D eigenvalue weighted by Crippen LogP contribution is 2.27. The van der Waals surface area contributed by atoms with Gasteiger partial charge < -0.3 is 15.8 Å².